The van der Waals surface area contributed by atoms with Crippen LogP contribution in [0.4, 0.5) is 0 Å². The number of hydrogen-bond acceptors (Lipinski definition) is 5. The lowest BCUT2D eigenvalue weighted by Gasteiger charge is -2.35. The Labute approximate surface area is 129 Å². The van der Waals surface area contributed by atoms with Crippen LogP contribution in [0.1, 0.15) is 39.0 Å². The van der Waals surface area contributed by atoms with Gasteiger partial charge in [0.25, 0.3) is 0 Å². The van der Waals surface area contributed by atoms with Crippen molar-refractivity contribution < 1.29 is 24.2 Å². The zero-order chi connectivity index (χ0) is 15.5. The highest BCUT2D eigenvalue weighted by Gasteiger charge is 2.72. The van der Waals surface area contributed by atoms with Gasteiger partial charge in [0.2, 0.25) is 5.91 Å². The first kappa shape index (κ1) is 14.6. The van der Waals surface area contributed by atoms with Gasteiger partial charge in [0.1, 0.15) is 17.3 Å². The van der Waals surface area contributed by atoms with Crippen LogP contribution in [-0.2, 0) is 19.1 Å². The fourth-order valence-corrected chi connectivity index (χ4v) is 4.41. The average Bonchev–Trinajstić information content (AvgIpc) is 3.29. The summed E-state index contributed by atoms with van der Waals surface area (Å²) in [5.74, 6) is -0.362. The Balaban J connectivity index is 1.46. The Morgan fingerprint density at radius 2 is 2.09 bits per heavy atom. The lowest BCUT2D eigenvalue weighted by Crippen LogP contribution is -2.52. The van der Waals surface area contributed by atoms with Gasteiger partial charge in [0.15, 0.2) is 5.78 Å². The second-order valence-electron chi connectivity index (χ2n) is 7.32. The van der Waals surface area contributed by atoms with Crippen LogP contribution in [0.5, 0.6) is 0 Å². The first-order chi connectivity index (χ1) is 10.5. The van der Waals surface area contributed by atoms with Crippen molar-refractivity contribution in [2.24, 2.45) is 5.92 Å². The number of aliphatic hydroxyl groups is 1. The molecule has 0 radical (unpaired) electrons. The molecule has 1 N–H and O–H groups in total. The minimum Gasteiger partial charge on any atom is -0.385 e. The number of amides is 1. The number of ether oxygens (including phenoxy) is 2. The topological polar surface area (TPSA) is 82.7 Å². The van der Waals surface area contributed by atoms with Gasteiger partial charge in [0, 0.05) is 19.5 Å². The van der Waals surface area contributed by atoms with Crippen molar-refractivity contribution in [2.45, 2.75) is 62.4 Å². The van der Waals surface area contributed by atoms with E-state index in [1.54, 1.807) is 0 Å². The van der Waals surface area contributed by atoms with E-state index in [-0.39, 0.29) is 23.7 Å². The van der Waals surface area contributed by atoms with Gasteiger partial charge < -0.3 is 19.5 Å². The second kappa shape index (κ2) is 4.76. The molecule has 5 atom stereocenters. The largest absolute Gasteiger partial charge is 0.385 e. The highest BCUT2D eigenvalue weighted by atomic mass is 16.6. The number of carbonyl (C=O) groups is 2. The summed E-state index contributed by atoms with van der Waals surface area (Å²) in [6.45, 7) is 4.15. The highest BCUT2D eigenvalue weighted by molar-refractivity contribution is 5.85. The smallest absolute Gasteiger partial charge is 0.225 e. The molecule has 1 saturated carbocycles. The summed E-state index contributed by atoms with van der Waals surface area (Å²) in [4.78, 5) is 26.1. The minimum absolute atomic E-state index is 0.119. The first-order valence-corrected chi connectivity index (χ1v) is 8.27. The van der Waals surface area contributed by atoms with Crippen LogP contribution in [0, 0.1) is 5.92 Å². The van der Waals surface area contributed by atoms with Gasteiger partial charge in [-0.3, -0.25) is 9.59 Å². The number of Topliss-reactive ketones (excluding diaryl/α,β-unsaturated/α-hetero) is 1. The Kier molecular flexibility index (Phi) is 3.16. The van der Waals surface area contributed by atoms with Crippen molar-refractivity contribution in [1.29, 1.82) is 0 Å². The minimum atomic E-state index is -1.03. The molecule has 4 fully saturated rings. The maximum atomic E-state index is 12.3. The molecule has 6 heteroatoms. The van der Waals surface area contributed by atoms with Crippen LogP contribution < -0.4 is 0 Å². The van der Waals surface area contributed by atoms with E-state index in [1.807, 2.05) is 11.8 Å². The predicted molar refractivity (Wildman–Crippen MR) is 76.1 cm³/mol. The lowest BCUT2D eigenvalue weighted by molar-refractivity contribution is -0.139. The summed E-state index contributed by atoms with van der Waals surface area (Å²) in [6, 6.07) is 0. The van der Waals surface area contributed by atoms with Crippen molar-refractivity contribution in [2.75, 3.05) is 19.7 Å². The summed E-state index contributed by atoms with van der Waals surface area (Å²) in [6.07, 6.45) is 2.25. The van der Waals surface area contributed by atoms with E-state index in [1.165, 1.54) is 0 Å². The normalized spacial score (nSPS) is 47.1. The number of rotatable bonds is 3. The van der Waals surface area contributed by atoms with Gasteiger partial charge in [-0.05, 0) is 26.2 Å². The van der Waals surface area contributed by atoms with Gasteiger partial charge in [-0.2, -0.15) is 0 Å². The molecule has 1 amide bonds. The standard InChI is InChI=1S/C16H23NO5/c1-15(11(22-15)8-12(19)17-6-2-3-7-17)14-13(20)10(18)4-5-16(14)9-21-16/h11,13-14,20H,2-9H2,1H3/t11-,13-,14-,15?,16+/m1/s1. The summed E-state index contributed by atoms with van der Waals surface area (Å²) in [5.41, 5.74) is -1.03. The van der Waals surface area contributed by atoms with E-state index in [0.29, 0.717) is 25.9 Å². The molecule has 4 rings (SSSR count). The molecule has 0 aromatic carbocycles. The van der Waals surface area contributed by atoms with Crippen molar-refractivity contribution in [3.63, 3.8) is 0 Å². The summed E-state index contributed by atoms with van der Waals surface area (Å²) in [5, 5.41) is 10.3. The van der Waals surface area contributed by atoms with Crippen LogP contribution >= 0.6 is 0 Å². The van der Waals surface area contributed by atoms with Crippen LogP contribution in [-0.4, -0.2) is 64.8 Å². The monoisotopic (exact) mass is 309 g/mol. The number of carbonyl (C=O) groups excluding carboxylic acids is 2. The molecular weight excluding hydrogens is 286 g/mol. The Bertz CT molecular complexity index is 511. The third-order valence-corrected chi connectivity index (χ3v) is 5.94. The third kappa shape index (κ3) is 2.12. The molecule has 22 heavy (non-hydrogen) atoms. The molecule has 0 aromatic rings. The fourth-order valence-electron chi connectivity index (χ4n) is 4.41. The van der Waals surface area contributed by atoms with Gasteiger partial charge in [-0.1, -0.05) is 0 Å². The molecule has 1 spiro atoms. The van der Waals surface area contributed by atoms with Crippen molar-refractivity contribution >= 4 is 11.7 Å². The van der Waals surface area contributed by atoms with Crippen molar-refractivity contribution in [3.05, 3.63) is 0 Å². The number of aliphatic hydroxyl groups excluding tert-OH is 1. The fraction of sp³-hybridized carbons (Fsp3) is 0.875. The van der Waals surface area contributed by atoms with Gasteiger partial charge in [0.05, 0.1) is 25.0 Å². The van der Waals surface area contributed by atoms with Gasteiger partial charge >= 0.3 is 0 Å². The molecule has 1 aliphatic carbocycles. The summed E-state index contributed by atoms with van der Waals surface area (Å²) >= 11 is 0. The molecule has 1 unspecified atom stereocenters. The summed E-state index contributed by atoms with van der Waals surface area (Å²) in [7, 11) is 0. The van der Waals surface area contributed by atoms with E-state index in [2.05, 4.69) is 0 Å². The average molecular weight is 309 g/mol. The van der Waals surface area contributed by atoms with Crippen LogP contribution in [0.15, 0.2) is 0 Å². The zero-order valence-corrected chi connectivity index (χ0v) is 12.9. The van der Waals surface area contributed by atoms with E-state index in [0.717, 1.165) is 25.9 Å². The molecule has 122 valence electrons. The van der Waals surface area contributed by atoms with E-state index in [4.69, 9.17) is 9.47 Å². The maximum absolute atomic E-state index is 12.3. The second-order valence-corrected chi connectivity index (χ2v) is 7.32. The number of epoxide rings is 2. The van der Waals surface area contributed by atoms with Crippen molar-refractivity contribution in [1.82, 2.24) is 4.90 Å². The van der Waals surface area contributed by atoms with E-state index < -0.39 is 17.3 Å². The van der Waals surface area contributed by atoms with Crippen LogP contribution in [0.3, 0.4) is 0 Å². The number of ketones is 1. The van der Waals surface area contributed by atoms with E-state index >= 15 is 0 Å². The van der Waals surface area contributed by atoms with Gasteiger partial charge in [-0.25, -0.2) is 0 Å². The molecule has 4 aliphatic rings. The summed E-state index contributed by atoms with van der Waals surface area (Å²) < 4.78 is 11.4. The highest BCUT2D eigenvalue weighted by Crippen LogP contribution is 2.58. The maximum Gasteiger partial charge on any atom is 0.225 e. The molecule has 3 saturated heterocycles. The number of nitrogens with zero attached hydrogens (tertiary/aromatic N) is 1. The molecular formula is C16H23NO5. The van der Waals surface area contributed by atoms with Crippen LogP contribution in [0.25, 0.3) is 0 Å². The first-order valence-electron chi connectivity index (χ1n) is 8.27. The molecule has 0 aromatic heterocycles. The Morgan fingerprint density at radius 3 is 2.73 bits per heavy atom. The lowest BCUT2D eigenvalue weighted by atomic mass is 9.69. The quantitative estimate of drug-likeness (QED) is 0.757. The molecule has 0 bridgehead atoms. The van der Waals surface area contributed by atoms with E-state index in [9.17, 15) is 14.7 Å². The Hall–Kier alpha value is -0.980. The van der Waals surface area contributed by atoms with Crippen molar-refractivity contribution in [3.8, 4) is 0 Å². The molecule has 6 nitrogen and oxygen atoms in total. The SMILES string of the molecule is CC1([C@H]2[C@H](O)C(=O)CC[C@]23CO3)O[C@@H]1CC(=O)N1CCCC1. The number of likely N-dealkylation sites (tertiary alicyclic amines) is 1. The molecule has 3 aliphatic heterocycles. The Morgan fingerprint density at radius 1 is 1.41 bits per heavy atom. The predicted octanol–water partition coefficient (Wildman–Crippen LogP) is 0.265. The molecule has 3 heterocycles. The zero-order valence-electron chi connectivity index (χ0n) is 12.9. The number of hydrogen-bond donors (Lipinski definition) is 1. The third-order valence-electron chi connectivity index (χ3n) is 5.94. The van der Waals surface area contributed by atoms with Crippen LogP contribution in [0.2, 0.25) is 0 Å². The van der Waals surface area contributed by atoms with Gasteiger partial charge in [-0.15, -0.1) is 0 Å².